The minimum absolute atomic E-state index is 0.110. The summed E-state index contributed by atoms with van der Waals surface area (Å²) in [7, 11) is 1.68. The lowest BCUT2D eigenvalue weighted by atomic mass is 9.88. The topological polar surface area (TPSA) is 87.4 Å². The third-order valence-electron chi connectivity index (χ3n) is 7.13. The predicted octanol–water partition coefficient (Wildman–Crippen LogP) is 3.91. The lowest BCUT2D eigenvalue weighted by Crippen LogP contribution is -2.48. The van der Waals surface area contributed by atoms with Gasteiger partial charge >= 0.3 is 0 Å². The molecule has 7 heteroatoms. The Morgan fingerprint density at radius 1 is 1.21 bits per heavy atom. The summed E-state index contributed by atoms with van der Waals surface area (Å²) in [6.07, 6.45) is 8.66. The molecule has 1 aliphatic carbocycles. The highest BCUT2D eigenvalue weighted by Crippen LogP contribution is 2.25. The molecule has 1 saturated carbocycles. The Bertz CT molecular complexity index is 913. The molecule has 1 aromatic rings. The third kappa shape index (κ3) is 6.05. The molecule has 1 saturated heterocycles. The largest absolute Gasteiger partial charge is 0.383 e. The smallest absolute Gasteiger partial charge is 0.264 e. The van der Waals surface area contributed by atoms with E-state index in [4.69, 9.17) is 4.74 Å². The second-order valence-electron chi connectivity index (χ2n) is 9.58. The van der Waals surface area contributed by atoms with Gasteiger partial charge in [-0.15, -0.1) is 0 Å². The maximum atomic E-state index is 13.1. The molecule has 0 bridgehead atoms. The molecule has 7 nitrogen and oxygen atoms in total. The summed E-state index contributed by atoms with van der Waals surface area (Å²) in [4.78, 5) is 27.3. The van der Waals surface area contributed by atoms with Crippen LogP contribution in [0.15, 0.2) is 11.6 Å². The highest BCUT2D eigenvalue weighted by molar-refractivity contribution is 6.01. The number of nitriles is 1. The van der Waals surface area contributed by atoms with Crippen molar-refractivity contribution in [3.63, 3.8) is 0 Å². The van der Waals surface area contributed by atoms with Crippen LogP contribution in [0.5, 0.6) is 0 Å². The lowest BCUT2D eigenvalue weighted by molar-refractivity contribution is -0.128. The molecular weight excluding hydrogens is 416 g/mol. The number of methoxy groups -OCH3 is 1. The van der Waals surface area contributed by atoms with Gasteiger partial charge in [0.15, 0.2) is 0 Å². The van der Waals surface area contributed by atoms with E-state index in [1.54, 1.807) is 18.1 Å². The number of aryl methyl sites for hydroxylation is 1. The van der Waals surface area contributed by atoms with Crippen molar-refractivity contribution in [2.45, 2.75) is 77.8 Å². The number of piperidine rings is 1. The van der Waals surface area contributed by atoms with E-state index in [2.05, 4.69) is 22.9 Å². The molecule has 0 radical (unpaired) electrons. The average molecular weight is 455 g/mol. The Labute approximate surface area is 197 Å². The Balaban J connectivity index is 1.61. The fourth-order valence-electron chi connectivity index (χ4n) is 5.32. The molecule has 33 heavy (non-hydrogen) atoms. The molecule has 1 aromatic heterocycles. The molecule has 1 aliphatic heterocycles. The van der Waals surface area contributed by atoms with Crippen LogP contribution in [0.4, 0.5) is 0 Å². The number of carbonyl (C=O) groups excluding carboxylic acids is 2. The Kier molecular flexibility index (Phi) is 8.74. The summed E-state index contributed by atoms with van der Waals surface area (Å²) in [5, 5.41) is 12.9. The molecular formula is C26H38N4O3. The van der Waals surface area contributed by atoms with Crippen LogP contribution in [0, 0.1) is 31.1 Å². The molecule has 2 fully saturated rings. The second-order valence-corrected chi connectivity index (χ2v) is 9.58. The summed E-state index contributed by atoms with van der Waals surface area (Å²) in [6, 6.07) is 4.40. The number of amides is 2. The first-order valence-corrected chi connectivity index (χ1v) is 12.2. The van der Waals surface area contributed by atoms with E-state index in [0.717, 1.165) is 55.5 Å². The van der Waals surface area contributed by atoms with Gasteiger partial charge in [-0.2, -0.15) is 5.26 Å². The molecule has 1 atom stereocenters. The Morgan fingerprint density at radius 3 is 2.48 bits per heavy atom. The minimum Gasteiger partial charge on any atom is -0.383 e. The van der Waals surface area contributed by atoms with E-state index in [9.17, 15) is 14.9 Å². The predicted molar refractivity (Wildman–Crippen MR) is 128 cm³/mol. The first kappa shape index (κ1) is 25.0. The Morgan fingerprint density at radius 2 is 1.88 bits per heavy atom. The minimum atomic E-state index is -0.232. The van der Waals surface area contributed by atoms with Gasteiger partial charge in [0, 0.05) is 43.5 Å². The molecule has 1 N–H and O–H groups in total. The maximum Gasteiger partial charge on any atom is 0.264 e. The zero-order valence-corrected chi connectivity index (χ0v) is 20.5. The van der Waals surface area contributed by atoms with Crippen LogP contribution in [0.2, 0.25) is 0 Å². The highest BCUT2D eigenvalue weighted by Gasteiger charge is 2.28. The molecule has 0 spiro atoms. The van der Waals surface area contributed by atoms with Gasteiger partial charge in [-0.1, -0.05) is 19.3 Å². The summed E-state index contributed by atoms with van der Waals surface area (Å²) in [6.45, 7) is 7.82. The molecule has 2 aliphatic rings. The van der Waals surface area contributed by atoms with Gasteiger partial charge in [0.1, 0.15) is 11.6 Å². The standard InChI is InChI=1S/C26H38N4O3/c1-18-14-22(20(3)30(18)19(2)17-33-4)15-23(16-27)26(32)29-12-10-24(11-13-29)28-25(31)21-8-6-5-7-9-21/h14-15,19,21,24H,5-13,17H2,1-4H3,(H,28,31)/b23-15-. The number of likely N-dealkylation sites (tertiary alicyclic amines) is 1. The van der Waals surface area contributed by atoms with Gasteiger partial charge in [0.05, 0.1) is 12.6 Å². The van der Waals surface area contributed by atoms with Crippen LogP contribution in [0.1, 0.15) is 74.9 Å². The molecule has 0 aromatic carbocycles. The van der Waals surface area contributed by atoms with Gasteiger partial charge in [-0.3, -0.25) is 9.59 Å². The zero-order valence-electron chi connectivity index (χ0n) is 20.5. The molecule has 2 amide bonds. The van der Waals surface area contributed by atoms with Gasteiger partial charge in [0.25, 0.3) is 5.91 Å². The van der Waals surface area contributed by atoms with E-state index < -0.39 is 0 Å². The fourth-order valence-corrected chi connectivity index (χ4v) is 5.32. The number of hydrogen-bond acceptors (Lipinski definition) is 4. The number of rotatable bonds is 7. The van der Waals surface area contributed by atoms with Crippen LogP contribution < -0.4 is 5.32 Å². The van der Waals surface area contributed by atoms with Crippen LogP contribution >= 0.6 is 0 Å². The summed E-state index contributed by atoms with van der Waals surface area (Å²) in [5.74, 6) is 0.0941. The van der Waals surface area contributed by atoms with E-state index in [-0.39, 0.29) is 35.4 Å². The average Bonchev–Trinajstić information content (AvgIpc) is 3.10. The van der Waals surface area contributed by atoms with Crippen LogP contribution in [-0.4, -0.2) is 54.1 Å². The lowest BCUT2D eigenvalue weighted by Gasteiger charge is -2.33. The molecule has 180 valence electrons. The number of aromatic nitrogens is 1. The normalized spacial score (nSPS) is 19.2. The number of hydrogen-bond donors (Lipinski definition) is 1. The van der Waals surface area contributed by atoms with Crippen LogP contribution in [-0.2, 0) is 14.3 Å². The quantitative estimate of drug-likeness (QED) is 0.500. The van der Waals surface area contributed by atoms with Gasteiger partial charge in [-0.25, -0.2) is 0 Å². The summed E-state index contributed by atoms with van der Waals surface area (Å²) >= 11 is 0. The van der Waals surface area contributed by atoms with Crippen molar-refractivity contribution in [1.82, 2.24) is 14.8 Å². The zero-order chi connectivity index (χ0) is 24.0. The van der Waals surface area contributed by atoms with Gasteiger partial charge < -0.3 is 19.5 Å². The summed E-state index contributed by atoms with van der Waals surface area (Å²) in [5.41, 5.74) is 3.12. The second kappa shape index (κ2) is 11.5. The highest BCUT2D eigenvalue weighted by atomic mass is 16.5. The first-order chi connectivity index (χ1) is 15.8. The summed E-state index contributed by atoms with van der Waals surface area (Å²) < 4.78 is 7.46. The first-order valence-electron chi connectivity index (χ1n) is 12.2. The van der Waals surface area contributed by atoms with Crippen molar-refractivity contribution < 1.29 is 14.3 Å². The van der Waals surface area contributed by atoms with Crippen molar-refractivity contribution in [2.24, 2.45) is 5.92 Å². The number of ether oxygens (including phenoxy) is 1. The number of nitrogens with one attached hydrogen (secondary N) is 1. The van der Waals surface area contributed by atoms with Gasteiger partial charge in [0.2, 0.25) is 5.91 Å². The van der Waals surface area contributed by atoms with E-state index in [1.165, 1.54) is 6.42 Å². The van der Waals surface area contributed by atoms with Crippen molar-refractivity contribution in [3.05, 3.63) is 28.6 Å². The van der Waals surface area contributed by atoms with Crippen molar-refractivity contribution in [1.29, 1.82) is 5.26 Å². The molecule has 1 unspecified atom stereocenters. The molecule has 2 heterocycles. The van der Waals surface area contributed by atoms with E-state index in [0.29, 0.717) is 19.7 Å². The van der Waals surface area contributed by atoms with E-state index in [1.807, 2.05) is 19.9 Å². The fraction of sp³-hybridized carbons (Fsp3) is 0.654. The third-order valence-corrected chi connectivity index (χ3v) is 7.13. The monoisotopic (exact) mass is 454 g/mol. The molecule has 3 rings (SSSR count). The SMILES string of the molecule is COCC(C)n1c(C)cc(/C=C(/C#N)C(=O)N2CCC(NC(=O)C3CCCCC3)CC2)c1C. The number of carbonyl (C=O) groups is 2. The van der Waals surface area contributed by atoms with E-state index >= 15 is 0 Å². The van der Waals surface area contributed by atoms with Crippen molar-refractivity contribution in [2.75, 3.05) is 26.8 Å². The van der Waals surface area contributed by atoms with Crippen molar-refractivity contribution >= 4 is 17.9 Å². The Hall–Kier alpha value is -2.59. The van der Waals surface area contributed by atoms with Gasteiger partial charge in [-0.05, 0) is 64.2 Å². The van der Waals surface area contributed by atoms with Crippen LogP contribution in [0.25, 0.3) is 6.08 Å². The maximum absolute atomic E-state index is 13.1. The number of nitrogens with zero attached hydrogens (tertiary/aromatic N) is 3. The van der Waals surface area contributed by atoms with Crippen molar-refractivity contribution in [3.8, 4) is 6.07 Å². The van der Waals surface area contributed by atoms with Crippen LogP contribution in [0.3, 0.4) is 0 Å².